The highest BCUT2D eigenvalue weighted by atomic mass is 19.1. The summed E-state index contributed by atoms with van der Waals surface area (Å²) in [6.45, 7) is 1.39. The molecular formula is C28H27FN6O3. The minimum Gasteiger partial charge on any atom is -0.490 e. The minimum atomic E-state index is -0.570. The van der Waals surface area contributed by atoms with E-state index < -0.39 is 5.82 Å². The van der Waals surface area contributed by atoms with E-state index in [1.54, 1.807) is 29.2 Å². The molecule has 2 aromatic heterocycles. The Labute approximate surface area is 217 Å². The molecule has 2 fully saturated rings. The smallest absolute Gasteiger partial charge is 0.272 e. The molecule has 2 aliphatic carbocycles. The number of halogens is 1. The average molecular weight is 515 g/mol. The van der Waals surface area contributed by atoms with Gasteiger partial charge in [0.1, 0.15) is 17.4 Å². The van der Waals surface area contributed by atoms with Gasteiger partial charge in [0, 0.05) is 30.8 Å². The molecule has 1 amide bonds. The maximum atomic E-state index is 14.9. The zero-order valence-electron chi connectivity index (χ0n) is 20.8. The van der Waals surface area contributed by atoms with Crippen molar-refractivity contribution >= 4 is 16.7 Å². The van der Waals surface area contributed by atoms with Gasteiger partial charge < -0.3 is 14.2 Å². The number of nitrogens with zero attached hydrogens (tertiary/aromatic N) is 5. The second kappa shape index (κ2) is 9.04. The third kappa shape index (κ3) is 4.13. The van der Waals surface area contributed by atoms with Gasteiger partial charge in [0.25, 0.3) is 11.5 Å². The molecule has 7 rings (SSSR count). The van der Waals surface area contributed by atoms with Crippen molar-refractivity contribution in [1.82, 2.24) is 29.9 Å². The van der Waals surface area contributed by atoms with Crippen molar-refractivity contribution in [2.45, 2.75) is 63.6 Å². The van der Waals surface area contributed by atoms with Crippen molar-refractivity contribution in [2.24, 2.45) is 0 Å². The van der Waals surface area contributed by atoms with Gasteiger partial charge in [-0.2, -0.15) is 5.10 Å². The Kier molecular flexibility index (Phi) is 5.49. The molecule has 3 aliphatic rings. The number of H-pyrrole nitrogens is 1. The number of hydrogen-bond acceptors (Lipinski definition) is 6. The van der Waals surface area contributed by atoms with Gasteiger partial charge in [0.05, 0.1) is 29.3 Å². The zero-order chi connectivity index (χ0) is 25.8. The number of benzene rings is 2. The molecule has 0 unspecified atom stereocenters. The van der Waals surface area contributed by atoms with Crippen LogP contribution in [0.1, 0.15) is 71.3 Å². The van der Waals surface area contributed by atoms with Gasteiger partial charge in [-0.3, -0.25) is 9.59 Å². The van der Waals surface area contributed by atoms with Crippen LogP contribution in [0.4, 0.5) is 4.39 Å². The van der Waals surface area contributed by atoms with E-state index in [1.807, 2.05) is 6.07 Å². The van der Waals surface area contributed by atoms with E-state index >= 15 is 0 Å². The van der Waals surface area contributed by atoms with Gasteiger partial charge in [-0.15, -0.1) is 10.2 Å². The summed E-state index contributed by atoms with van der Waals surface area (Å²) in [7, 11) is 0. The fourth-order valence-electron chi connectivity index (χ4n) is 5.30. The Morgan fingerprint density at radius 1 is 1.05 bits per heavy atom. The number of nitrogens with one attached hydrogen (secondary N) is 1. The Bertz CT molecular complexity index is 1620. The predicted molar refractivity (Wildman–Crippen MR) is 137 cm³/mol. The van der Waals surface area contributed by atoms with Crippen LogP contribution in [0.2, 0.25) is 0 Å². The first-order valence-corrected chi connectivity index (χ1v) is 13.2. The van der Waals surface area contributed by atoms with Crippen LogP contribution in [0.25, 0.3) is 10.8 Å². The topological polar surface area (TPSA) is 106 Å². The first-order chi connectivity index (χ1) is 18.5. The average Bonchev–Trinajstić information content (AvgIpc) is 3.67. The van der Waals surface area contributed by atoms with Gasteiger partial charge in [0.15, 0.2) is 5.82 Å². The Morgan fingerprint density at radius 2 is 1.92 bits per heavy atom. The lowest BCUT2D eigenvalue weighted by atomic mass is 9.96. The normalized spacial score (nSPS) is 17.3. The molecule has 2 aromatic carbocycles. The van der Waals surface area contributed by atoms with E-state index in [-0.39, 0.29) is 23.1 Å². The Hall–Kier alpha value is -4.08. The molecule has 9 nitrogen and oxygen atoms in total. The van der Waals surface area contributed by atoms with Crippen LogP contribution in [0.15, 0.2) is 41.2 Å². The summed E-state index contributed by atoms with van der Waals surface area (Å²) in [4.78, 5) is 27.4. The predicted octanol–water partition coefficient (Wildman–Crippen LogP) is 3.71. The van der Waals surface area contributed by atoms with E-state index in [4.69, 9.17) is 4.74 Å². The minimum absolute atomic E-state index is 0.0145. The third-order valence-corrected chi connectivity index (χ3v) is 7.84. The molecule has 4 aromatic rings. The molecule has 0 saturated heterocycles. The molecular weight excluding hydrogens is 487 g/mol. The summed E-state index contributed by atoms with van der Waals surface area (Å²) in [5.74, 6) is 1.98. The highest BCUT2D eigenvalue weighted by molar-refractivity contribution is 5.94. The SMILES string of the molecule is O=C(c1cc(Cc2n[nH]c(=O)c3ccc(OC4CCC4)cc23)ccc1F)N1CCn2c(nnc2C2CC2)C1. The van der Waals surface area contributed by atoms with Crippen molar-refractivity contribution in [3.63, 3.8) is 0 Å². The molecule has 0 radical (unpaired) electrons. The molecule has 1 aliphatic heterocycles. The number of aromatic nitrogens is 5. The lowest BCUT2D eigenvalue weighted by molar-refractivity contribution is 0.0701. The molecule has 2 saturated carbocycles. The fourth-order valence-corrected chi connectivity index (χ4v) is 5.30. The summed E-state index contributed by atoms with van der Waals surface area (Å²) in [5.41, 5.74) is 1.08. The largest absolute Gasteiger partial charge is 0.490 e. The number of fused-ring (bicyclic) bond motifs is 2. The third-order valence-electron chi connectivity index (χ3n) is 7.84. The van der Waals surface area contributed by atoms with E-state index in [2.05, 4.69) is 25.0 Å². The maximum Gasteiger partial charge on any atom is 0.272 e. The summed E-state index contributed by atoms with van der Waals surface area (Å²) in [6, 6.07) is 9.95. The molecule has 38 heavy (non-hydrogen) atoms. The maximum absolute atomic E-state index is 14.9. The van der Waals surface area contributed by atoms with E-state index in [0.29, 0.717) is 54.2 Å². The lowest BCUT2D eigenvalue weighted by Crippen LogP contribution is -2.39. The standard InChI is InChI=1S/C28H27FN6O3/c29-23-9-4-16(12-22(23)28(37)34-10-11-35-25(15-34)31-32-26(35)17-5-6-17)13-24-21-14-19(38-18-2-1-3-18)7-8-20(21)27(36)33-30-24/h4,7-9,12,14,17-18H,1-3,5-6,10-11,13,15H2,(H,33,36). The Morgan fingerprint density at radius 3 is 2.71 bits per heavy atom. The number of carbonyl (C=O) groups is 1. The molecule has 194 valence electrons. The van der Waals surface area contributed by atoms with Gasteiger partial charge >= 0.3 is 0 Å². The van der Waals surface area contributed by atoms with Crippen LogP contribution in [-0.2, 0) is 19.5 Å². The summed E-state index contributed by atoms with van der Waals surface area (Å²) < 4.78 is 23.0. The summed E-state index contributed by atoms with van der Waals surface area (Å²) >= 11 is 0. The number of aromatic amines is 1. The number of hydrogen-bond donors (Lipinski definition) is 1. The van der Waals surface area contributed by atoms with Crippen molar-refractivity contribution in [3.05, 3.63) is 81.0 Å². The van der Waals surface area contributed by atoms with Gasteiger partial charge in [-0.05, 0) is 68.0 Å². The quantitative estimate of drug-likeness (QED) is 0.421. The molecule has 10 heteroatoms. The first kappa shape index (κ1) is 23.1. The number of carbonyl (C=O) groups excluding carboxylic acids is 1. The van der Waals surface area contributed by atoms with Crippen LogP contribution >= 0.6 is 0 Å². The number of rotatable bonds is 6. The molecule has 0 atom stereocenters. The van der Waals surface area contributed by atoms with Crippen molar-refractivity contribution in [2.75, 3.05) is 6.54 Å². The van der Waals surface area contributed by atoms with Crippen LogP contribution in [0.3, 0.4) is 0 Å². The number of ether oxygens (including phenoxy) is 1. The molecule has 1 N–H and O–H groups in total. The van der Waals surface area contributed by atoms with Gasteiger partial charge in [-0.25, -0.2) is 9.49 Å². The Balaban J connectivity index is 1.15. The van der Waals surface area contributed by atoms with Crippen LogP contribution in [0.5, 0.6) is 5.75 Å². The van der Waals surface area contributed by atoms with Crippen LogP contribution in [-0.4, -0.2) is 48.4 Å². The van der Waals surface area contributed by atoms with E-state index in [0.717, 1.165) is 49.3 Å². The van der Waals surface area contributed by atoms with E-state index in [9.17, 15) is 14.0 Å². The number of amides is 1. The second-order valence-corrected chi connectivity index (χ2v) is 10.5. The second-order valence-electron chi connectivity index (χ2n) is 10.5. The first-order valence-electron chi connectivity index (χ1n) is 13.2. The van der Waals surface area contributed by atoms with E-state index in [1.165, 1.54) is 6.07 Å². The molecule has 0 spiro atoms. The van der Waals surface area contributed by atoms with Crippen LogP contribution in [0, 0.1) is 5.82 Å². The highest BCUT2D eigenvalue weighted by Gasteiger charge is 2.33. The zero-order valence-corrected chi connectivity index (χ0v) is 20.8. The summed E-state index contributed by atoms with van der Waals surface area (Å²) in [5, 5.41) is 16.7. The van der Waals surface area contributed by atoms with Crippen molar-refractivity contribution in [1.29, 1.82) is 0 Å². The summed E-state index contributed by atoms with van der Waals surface area (Å²) in [6.07, 6.45) is 6.01. The van der Waals surface area contributed by atoms with Gasteiger partial charge in [-0.1, -0.05) is 6.07 Å². The molecule has 3 heterocycles. The monoisotopic (exact) mass is 514 g/mol. The molecule has 0 bridgehead atoms. The van der Waals surface area contributed by atoms with Crippen molar-refractivity contribution in [3.8, 4) is 5.75 Å². The van der Waals surface area contributed by atoms with Gasteiger partial charge in [0.2, 0.25) is 0 Å². The van der Waals surface area contributed by atoms with Crippen molar-refractivity contribution < 1.29 is 13.9 Å². The highest BCUT2D eigenvalue weighted by Crippen LogP contribution is 2.39. The fraction of sp³-hybridized carbons (Fsp3) is 0.393. The van der Waals surface area contributed by atoms with Crippen LogP contribution < -0.4 is 10.3 Å². The lowest BCUT2D eigenvalue weighted by Gasteiger charge is -2.28.